The van der Waals surface area contributed by atoms with Gasteiger partial charge in [-0.15, -0.1) is 13.2 Å². The van der Waals surface area contributed by atoms with Crippen molar-refractivity contribution in [3.05, 3.63) is 49.6 Å². The van der Waals surface area contributed by atoms with Gasteiger partial charge in [-0.2, -0.15) is 0 Å². The highest BCUT2D eigenvalue weighted by molar-refractivity contribution is 6.86. The minimum atomic E-state index is -2.23. The van der Waals surface area contributed by atoms with E-state index in [1.807, 2.05) is 26.2 Å². The van der Waals surface area contributed by atoms with Crippen molar-refractivity contribution < 1.29 is 34.1 Å². The molecule has 0 aliphatic heterocycles. The van der Waals surface area contributed by atoms with E-state index in [-0.39, 0.29) is 11.1 Å². The minimum Gasteiger partial charge on any atom is -0.478 e. The van der Waals surface area contributed by atoms with Gasteiger partial charge in [0.05, 0.1) is 11.5 Å². The molecule has 0 aromatic heterocycles. The summed E-state index contributed by atoms with van der Waals surface area (Å²) in [6, 6.07) is 0. The number of aliphatic hydroxyl groups excluding tert-OH is 2. The number of hydrogen-bond acceptors (Lipinski definition) is 5. The number of carboxylic acids is 2. The third-order valence-corrected chi connectivity index (χ3v) is 10.7. The average molecular weight is 419 g/mol. The van der Waals surface area contributed by atoms with Crippen molar-refractivity contribution in [3.8, 4) is 0 Å². The van der Waals surface area contributed by atoms with Gasteiger partial charge in [0.25, 0.3) is 0 Å². The Hall–Kier alpha value is -1.79. The fourth-order valence-electron chi connectivity index (χ4n) is 1.37. The van der Waals surface area contributed by atoms with E-state index < -0.39 is 40.0 Å². The van der Waals surface area contributed by atoms with E-state index in [0.29, 0.717) is 0 Å². The lowest BCUT2D eigenvalue weighted by atomic mass is 10.4. The second-order valence-electron chi connectivity index (χ2n) is 6.84. The zero-order valence-electron chi connectivity index (χ0n) is 17.2. The number of carboxylic acid groups (broad SMARTS) is 2. The number of aliphatic hydroxyl groups is 2. The Bertz CT molecular complexity index is 482. The monoisotopic (exact) mass is 418 g/mol. The molecule has 0 aliphatic rings. The van der Waals surface area contributed by atoms with Crippen molar-refractivity contribution in [2.24, 2.45) is 0 Å². The lowest BCUT2D eigenvalue weighted by molar-refractivity contribution is -0.133. The largest absolute Gasteiger partial charge is 0.478 e. The first kappa shape index (κ1) is 30.0. The van der Waals surface area contributed by atoms with Crippen LogP contribution in [0.4, 0.5) is 0 Å². The van der Waals surface area contributed by atoms with Crippen LogP contribution in [0.15, 0.2) is 49.6 Å². The molecule has 4 N–H and O–H groups in total. The molecule has 0 saturated heterocycles. The lowest BCUT2D eigenvalue weighted by Crippen LogP contribution is -2.56. The molecule has 156 valence electrons. The van der Waals surface area contributed by atoms with Gasteiger partial charge < -0.3 is 24.5 Å². The van der Waals surface area contributed by atoms with Crippen LogP contribution in [-0.4, -0.2) is 60.5 Å². The van der Waals surface area contributed by atoms with Crippen LogP contribution in [0.3, 0.4) is 0 Å². The Morgan fingerprint density at radius 2 is 1.00 bits per heavy atom. The summed E-state index contributed by atoms with van der Waals surface area (Å²) < 4.78 is 5.97. The van der Waals surface area contributed by atoms with Crippen molar-refractivity contribution >= 4 is 28.6 Å². The molecule has 0 aliphatic carbocycles. The SMILES string of the molecule is C=C(C)C(=O)O.C=C(C)C(=O)O.C=CC(O)[Si](C)(C)O[Si](C)(C)C(O)C=C. The maximum absolute atomic E-state index is 9.74. The summed E-state index contributed by atoms with van der Waals surface area (Å²) >= 11 is 0. The molecule has 0 aromatic rings. The highest BCUT2D eigenvalue weighted by Crippen LogP contribution is 2.21. The molecular formula is C18H34O7Si2. The molecule has 0 saturated carbocycles. The first-order valence-corrected chi connectivity index (χ1v) is 14.0. The number of hydrogen-bond donors (Lipinski definition) is 4. The molecule has 0 fully saturated rings. The molecule has 0 bridgehead atoms. The first-order chi connectivity index (χ1) is 12.0. The van der Waals surface area contributed by atoms with Gasteiger partial charge in [0.1, 0.15) is 0 Å². The average Bonchev–Trinajstić information content (AvgIpc) is 2.52. The normalized spacial score (nSPS) is 12.7. The molecule has 9 heteroatoms. The third kappa shape index (κ3) is 15.0. The van der Waals surface area contributed by atoms with E-state index in [1.54, 1.807) is 0 Å². The van der Waals surface area contributed by atoms with Gasteiger partial charge in [-0.25, -0.2) is 9.59 Å². The predicted molar refractivity (Wildman–Crippen MR) is 113 cm³/mol. The summed E-state index contributed by atoms with van der Waals surface area (Å²) in [5.74, 6) is -1.87. The number of carbonyl (C=O) groups is 2. The molecular weight excluding hydrogens is 384 g/mol. The van der Waals surface area contributed by atoms with Crippen LogP contribution in [0.1, 0.15) is 13.8 Å². The number of aliphatic carboxylic acids is 2. The fourth-order valence-corrected chi connectivity index (χ4v) is 8.89. The Morgan fingerprint density at radius 1 is 0.815 bits per heavy atom. The van der Waals surface area contributed by atoms with Gasteiger partial charge in [-0.05, 0) is 40.0 Å². The quantitative estimate of drug-likeness (QED) is 0.271. The Balaban J connectivity index is -0.000000394. The molecule has 0 rings (SSSR count). The standard InChI is InChI=1S/C10H22O3Si2.2C4H6O2/c1-7-9(11)14(3,4)13-15(5,6)10(12)8-2;2*1-3(2)4(5)6/h7-12H,1-2H2,3-6H3;2*1H2,2H3,(H,5,6). The van der Waals surface area contributed by atoms with E-state index in [4.69, 9.17) is 14.3 Å². The van der Waals surface area contributed by atoms with Crippen molar-refractivity contribution in [2.75, 3.05) is 0 Å². The van der Waals surface area contributed by atoms with Crippen LogP contribution >= 0.6 is 0 Å². The van der Waals surface area contributed by atoms with Crippen LogP contribution in [0, 0.1) is 0 Å². The molecule has 2 atom stereocenters. The molecule has 0 aromatic carbocycles. The highest BCUT2D eigenvalue weighted by Gasteiger charge is 2.40. The van der Waals surface area contributed by atoms with E-state index in [9.17, 15) is 19.8 Å². The van der Waals surface area contributed by atoms with Crippen LogP contribution in [0.2, 0.25) is 26.2 Å². The second kappa shape index (κ2) is 13.4. The smallest absolute Gasteiger partial charge is 0.330 e. The van der Waals surface area contributed by atoms with Gasteiger partial charge in [0, 0.05) is 11.1 Å². The lowest BCUT2D eigenvalue weighted by Gasteiger charge is -2.37. The van der Waals surface area contributed by atoms with Crippen LogP contribution in [0.25, 0.3) is 0 Å². The van der Waals surface area contributed by atoms with E-state index in [1.165, 1.54) is 26.0 Å². The fraction of sp³-hybridized carbons (Fsp3) is 0.444. The van der Waals surface area contributed by atoms with Gasteiger partial charge in [-0.3, -0.25) is 0 Å². The van der Waals surface area contributed by atoms with E-state index >= 15 is 0 Å². The topological polar surface area (TPSA) is 124 Å². The third-order valence-electron chi connectivity index (χ3n) is 3.13. The molecule has 0 heterocycles. The Labute approximate surface area is 164 Å². The molecule has 0 spiro atoms. The van der Waals surface area contributed by atoms with Gasteiger partial charge in [-0.1, -0.05) is 25.3 Å². The minimum absolute atomic E-state index is 0.176. The second-order valence-corrected chi connectivity index (χ2v) is 15.3. The van der Waals surface area contributed by atoms with E-state index in [0.717, 1.165) is 0 Å². The van der Waals surface area contributed by atoms with Crippen molar-refractivity contribution in [2.45, 2.75) is 51.5 Å². The van der Waals surface area contributed by atoms with Crippen molar-refractivity contribution in [3.63, 3.8) is 0 Å². The van der Waals surface area contributed by atoms with Gasteiger partial charge >= 0.3 is 11.9 Å². The van der Waals surface area contributed by atoms with Crippen LogP contribution in [-0.2, 0) is 13.7 Å². The van der Waals surface area contributed by atoms with Crippen LogP contribution in [0.5, 0.6) is 0 Å². The maximum Gasteiger partial charge on any atom is 0.330 e. The van der Waals surface area contributed by atoms with Gasteiger partial charge in [0.15, 0.2) is 0 Å². The maximum atomic E-state index is 9.74. The summed E-state index contributed by atoms with van der Waals surface area (Å²) in [5.41, 5.74) is -0.868. The van der Waals surface area contributed by atoms with Crippen molar-refractivity contribution in [1.29, 1.82) is 0 Å². The summed E-state index contributed by atoms with van der Waals surface area (Å²) in [4.78, 5) is 19.2. The Morgan fingerprint density at radius 3 is 1.11 bits per heavy atom. The molecule has 2 unspecified atom stereocenters. The zero-order valence-corrected chi connectivity index (χ0v) is 19.2. The van der Waals surface area contributed by atoms with Crippen molar-refractivity contribution in [1.82, 2.24) is 0 Å². The van der Waals surface area contributed by atoms with E-state index in [2.05, 4.69) is 26.3 Å². The van der Waals surface area contributed by atoms with Gasteiger partial charge in [0.2, 0.25) is 16.6 Å². The summed E-state index contributed by atoms with van der Waals surface area (Å²) in [7, 11) is -4.46. The summed E-state index contributed by atoms with van der Waals surface area (Å²) in [6.07, 6.45) is 2.99. The molecule has 27 heavy (non-hydrogen) atoms. The molecule has 0 amide bonds. The highest BCUT2D eigenvalue weighted by atomic mass is 28.4. The zero-order chi connectivity index (χ0) is 22.6. The number of rotatable bonds is 8. The Kier molecular flexibility index (Phi) is 14.9. The van der Waals surface area contributed by atoms with Crippen LogP contribution < -0.4 is 0 Å². The first-order valence-electron chi connectivity index (χ1n) is 8.05. The summed E-state index contributed by atoms with van der Waals surface area (Å²) in [6.45, 7) is 24.0. The predicted octanol–water partition coefficient (Wildman–Crippen LogP) is 2.88. The molecule has 7 nitrogen and oxygen atoms in total. The summed E-state index contributed by atoms with van der Waals surface area (Å²) in [5, 5.41) is 35.3. The molecule has 0 radical (unpaired) electrons.